The predicted molar refractivity (Wildman–Crippen MR) is 83.3 cm³/mol. The molecule has 0 fully saturated rings. The maximum Gasteiger partial charge on any atom is 0.173 e. The van der Waals surface area contributed by atoms with Gasteiger partial charge in [0.1, 0.15) is 0 Å². The van der Waals surface area contributed by atoms with Crippen molar-refractivity contribution in [1.29, 1.82) is 0 Å². The van der Waals surface area contributed by atoms with Crippen LogP contribution in [-0.2, 0) is 9.47 Å². The molecule has 0 amide bonds. The second kappa shape index (κ2) is 11.5. The molecular formula is C17H34O2. The molecule has 0 N–H and O–H groups in total. The Morgan fingerprint density at radius 3 is 2.00 bits per heavy atom. The van der Waals surface area contributed by atoms with Gasteiger partial charge in [-0.15, -0.1) is 6.58 Å². The number of rotatable bonds is 13. The van der Waals surface area contributed by atoms with Gasteiger partial charge in [0, 0.05) is 26.6 Å². The third-order valence-corrected chi connectivity index (χ3v) is 4.01. The standard InChI is InChI=1S/C17H34O2/c1-6-9-10-11-12-13-14-16(8-3)17(18-4,19-5)15-7-2/h8,16H,3,6-7,9-15H2,1-2,4-5H3. The van der Waals surface area contributed by atoms with E-state index in [1.54, 1.807) is 14.2 Å². The Hall–Kier alpha value is -0.340. The molecule has 19 heavy (non-hydrogen) atoms. The summed E-state index contributed by atoms with van der Waals surface area (Å²) >= 11 is 0. The van der Waals surface area contributed by atoms with Gasteiger partial charge in [0.05, 0.1) is 0 Å². The summed E-state index contributed by atoms with van der Waals surface area (Å²) in [6.07, 6.45) is 13.0. The first-order valence-electron chi connectivity index (χ1n) is 7.93. The lowest BCUT2D eigenvalue weighted by Crippen LogP contribution is -2.41. The van der Waals surface area contributed by atoms with Crippen LogP contribution in [0.15, 0.2) is 12.7 Å². The minimum absolute atomic E-state index is 0.286. The van der Waals surface area contributed by atoms with Gasteiger partial charge in [0.25, 0.3) is 0 Å². The molecule has 2 nitrogen and oxygen atoms in total. The molecule has 0 rings (SSSR count). The van der Waals surface area contributed by atoms with E-state index in [-0.39, 0.29) is 5.92 Å². The second-order valence-corrected chi connectivity index (χ2v) is 5.37. The Morgan fingerprint density at radius 1 is 0.947 bits per heavy atom. The third kappa shape index (κ3) is 6.58. The normalized spacial score (nSPS) is 13.5. The van der Waals surface area contributed by atoms with Gasteiger partial charge < -0.3 is 9.47 Å². The van der Waals surface area contributed by atoms with Crippen LogP contribution in [-0.4, -0.2) is 20.0 Å². The van der Waals surface area contributed by atoms with E-state index in [2.05, 4.69) is 20.4 Å². The number of unbranched alkanes of at least 4 members (excludes halogenated alkanes) is 5. The zero-order chi connectivity index (χ0) is 14.6. The van der Waals surface area contributed by atoms with Crippen molar-refractivity contribution >= 4 is 0 Å². The number of hydrogen-bond acceptors (Lipinski definition) is 2. The molecule has 0 spiro atoms. The molecule has 0 aromatic carbocycles. The maximum absolute atomic E-state index is 5.68. The molecule has 0 aromatic rings. The van der Waals surface area contributed by atoms with Crippen LogP contribution in [0.1, 0.15) is 71.6 Å². The summed E-state index contributed by atoms with van der Waals surface area (Å²) in [5, 5.41) is 0. The Morgan fingerprint density at radius 2 is 1.53 bits per heavy atom. The smallest absolute Gasteiger partial charge is 0.173 e. The van der Waals surface area contributed by atoms with E-state index in [0.29, 0.717) is 0 Å². The molecule has 114 valence electrons. The third-order valence-electron chi connectivity index (χ3n) is 4.01. The lowest BCUT2D eigenvalue weighted by atomic mass is 9.89. The van der Waals surface area contributed by atoms with Gasteiger partial charge in [-0.25, -0.2) is 0 Å². The zero-order valence-electron chi connectivity index (χ0n) is 13.5. The fourth-order valence-corrected chi connectivity index (χ4v) is 2.79. The first kappa shape index (κ1) is 18.7. The van der Waals surface area contributed by atoms with E-state index >= 15 is 0 Å². The highest BCUT2D eigenvalue weighted by molar-refractivity contribution is 4.91. The molecule has 0 aliphatic heterocycles. The fraction of sp³-hybridized carbons (Fsp3) is 0.882. The average molecular weight is 270 g/mol. The largest absolute Gasteiger partial charge is 0.353 e. The second-order valence-electron chi connectivity index (χ2n) is 5.37. The molecule has 0 aliphatic rings. The van der Waals surface area contributed by atoms with Crippen molar-refractivity contribution in [2.24, 2.45) is 5.92 Å². The summed E-state index contributed by atoms with van der Waals surface area (Å²) in [6.45, 7) is 8.39. The highest BCUT2D eigenvalue weighted by Gasteiger charge is 2.36. The molecule has 0 aliphatic carbocycles. The molecule has 2 heteroatoms. The van der Waals surface area contributed by atoms with E-state index in [1.807, 2.05) is 6.08 Å². The van der Waals surface area contributed by atoms with Gasteiger partial charge >= 0.3 is 0 Å². The number of ether oxygens (including phenoxy) is 2. The Balaban J connectivity index is 4.18. The molecule has 0 heterocycles. The van der Waals surface area contributed by atoms with Crippen molar-refractivity contribution in [1.82, 2.24) is 0 Å². The van der Waals surface area contributed by atoms with Gasteiger partial charge in [0.15, 0.2) is 5.79 Å². The maximum atomic E-state index is 5.68. The summed E-state index contributed by atoms with van der Waals surface area (Å²) in [4.78, 5) is 0. The van der Waals surface area contributed by atoms with Crippen molar-refractivity contribution < 1.29 is 9.47 Å². The molecule has 0 saturated carbocycles. The van der Waals surface area contributed by atoms with Gasteiger partial charge in [-0.2, -0.15) is 0 Å². The van der Waals surface area contributed by atoms with Crippen LogP contribution in [0.4, 0.5) is 0 Å². The van der Waals surface area contributed by atoms with Crippen molar-refractivity contribution in [2.75, 3.05) is 14.2 Å². The van der Waals surface area contributed by atoms with Gasteiger partial charge in [-0.3, -0.25) is 0 Å². The molecule has 1 unspecified atom stereocenters. The quantitative estimate of drug-likeness (QED) is 0.256. The summed E-state index contributed by atoms with van der Waals surface area (Å²) in [5.74, 6) is -0.187. The first-order chi connectivity index (χ1) is 9.20. The molecule has 0 aromatic heterocycles. The summed E-state index contributed by atoms with van der Waals surface area (Å²) in [6, 6.07) is 0. The highest BCUT2D eigenvalue weighted by Crippen LogP contribution is 2.32. The fourth-order valence-electron chi connectivity index (χ4n) is 2.79. The van der Waals surface area contributed by atoms with Crippen molar-refractivity contribution in [2.45, 2.75) is 77.4 Å². The van der Waals surface area contributed by atoms with E-state index < -0.39 is 5.79 Å². The van der Waals surface area contributed by atoms with E-state index in [4.69, 9.17) is 9.47 Å². The highest BCUT2D eigenvalue weighted by atomic mass is 16.7. The SMILES string of the molecule is C=CC(CCCCCCCC)C(CCC)(OC)OC. The van der Waals surface area contributed by atoms with Gasteiger partial charge in [0.2, 0.25) is 0 Å². The van der Waals surface area contributed by atoms with Crippen LogP contribution in [0.2, 0.25) is 0 Å². The summed E-state index contributed by atoms with van der Waals surface area (Å²) < 4.78 is 11.4. The van der Waals surface area contributed by atoms with Crippen LogP contribution >= 0.6 is 0 Å². The average Bonchev–Trinajstić information content (AvgIpc) is 2.45. The Labute approximate surface area is 120 Å². The van der Waals surface area contributed by atoms with E-state index in [0.717, 1.165) is 19.3 Å². The lowest BCUT2D eigenvalue weighted by Gasteiger charge is -2.37. The van der Waals surface area contributed by atoms with Gasteiger partial charge in [-0.1, -0.05) is 64.9 Å². The predicted octanol–water partition coefficient (Wildman–Crippen LogP) is 5.33. The van der Waals surface area contributed by atoms with Crippen LogP contribution in [0.3, 0.4) is 0 Å². The minimum atomic E-state index is -0.472. The van der Waals surface area contributed by atoms with Crippen molar-refractivity contribution in [3.8, 4) is 0 Å². The first-order valence-corrected chi connectivity index (χ1v) is 7.93. The van der Waals surface area contributed by atoms with E-state index in [9.17, 15) is 0 Å². The summed E-state index contributed by atoms with van der Waals surface area (Å²) in [7, 11) is 3.49. The Kier molecular flexibility index (Phi) is 11.3. The zero-order valence-corrected chi connectivity index (χ0v) is 13.5. The molecule has 0 bridgehead atoms. The molecular weight excluding hydrogens is 236 g/mol. The molecule has 0 saturated heterocycles. The summed E-state index contributed by atoms with van der Waals surface area (Å²) in [5.41, 5.74) is 0. The topological polar surface area (TPSA) is 18.5 Å². The minimum Gasteiger partial charge on any atom is -0.353 e. The lowest BCUT2D eigenvalue weighted by molar-refractivity contribution is -0.235. The molecule has 0 radical (unpaired) electrons. The Bertz CT molecular complexity index is 209. The monoisotopic (exact) mass is 270 g/mol. The molecule has 1 atom stereocenters. The van der Waals surface area contributed by atoms with Crippen molar-refractivity contribution in [3.63, 3.8) is 0 Å². The van der Waals surface area contributed by atoms with Crippen LogP contribution < -0.4 is 0 Å². The van der Waals surface area contributed by atoms with Crippen LogP contribution in [0.5, 0.6) is 0 Å². The number of hydrogen-bond donors (Lipinski definition) is 0. The van der Waals surface area contributed by atoms with Gasteiger partial charge in [-0.05, 0) is 6.42 Å². The number of methoxy groups -OCH3 is 2. The van der Waals surface area contributed by atoms with Crippen LogP contribution in [0.25, 0.3) is 0 Å². The van der Waals surface area contributed by atoms with Crippen LogP contribution in [0, 0.1) is 5.92 Å². The van der Waals surface area contributed by atoms with Crippen molar-refractivity contribution in [3.05, 3.63) is 12.7 Å². The van der Waals surface area contributed by atoms with E-state index in [1.165, 1.54) is 38.5 Å².